The molecule has 0 spiro atoms. The number of anilines is 1. The molecule has 2 aliphatic carbocycles. The van der Waals surface area contributed by atoms with Gasteiger partial charge >= 0.3 is 12.1 Å². The Morgan fingerprint density at radius 1 is 0.977 bits per heavy atom. The van der Waals surface area contributed by atoms with Crippen molar-refractivity contribution in [3.05, 3.63) is 99.5 Å². The highest BCUT2D eigenvalue weighted by Crippen LogP contribution is 2.50. The first-order valence-corrected chi connectivity index (χ1v) is 15.2. The number of esters is 1. The third-order valence-electron chi connectivity index (χ3n) is 8.59. The maximum atomic E-state index is 13.8. The summed E-state index contributed by atoms with van der Waals surface area (Å²) < 4.78 is 45.7. The van der Waals surface area contributed by atoms with Crippen LogP contribution in [0.1, 0.15) is 87.5 Å². The van der Waals surface area contributed by atoms with Crippen molar-refractivity contribution in [3.63, 3.8) is 0 Å². The Labute approximate surface area is 255 Å². The van der Waals surface area contributed by atoms with Crippen LogP contribution in [0.3, 0.4) is 0 Å². The van der Waals surface area contributed by atoms with Crippen molar-refractivity contribution in [2.24, 2.45) is 11.3 Å². The highest BCUT2D eigenvalue weighted by molar-refractivity contribution is 5.96. The molecule has 1 amide bonds. The molecule has 3 aromatic rings. The first-order chi connectivity index (χ1) is 20.7. The molecule has 0 radical (unpaired) electrons. The molecule has 1 atom stereocenters. The smallest absolute Gasteiger partial charge is 0.416 e. The number of pyridine rings is 1. The van der Waals surface area contributed by atoms with E-state index in [1.54, 1.807) is 0 Å². The van der Waals surface area contributed by atoms with E-state index in [0.29, 0.717) is 18.2 Å². The van der Waals surface area contributed by atoms with Crippen molar-refractivity contribution >= 4 is 17.6 Å². The number of hydrogen-bond acceptors (Lipinski definition) is 4. The van der Waals surface area contributed by atoms with Crippen molar-refractivity contribution < 1.29 is 27.5 Å². The van der Waals surface area contributed by atoms with Crippen LogP contribution in [0.25, 0.3) is 0 Å². The molecule has 6 nitrogen and oxygen atoms in total. The topological polar surface area (TPSA) is 77.4 Å². The van der Waals surface area contributed by atoms with Gasteiger partial charge < -0.3 is 14.6 Å². The SMILES string of the molecule is CC(C)(C)OC(=O)C1(Cc2cccc(NC(=O)C(c3ccc(Cn4ccc(C(F)(F)F)cc4=O)cc3)C3CCCC3)c2)CC1. The summed E-state index contributed by atoms with van der Waals surface area (Å²) in [6.45, 7) is 5.72. The number of ether oxygens (including phenoxy) is 1. The summed E-state index contributed by atoms with van der Waals surface area (Å²) in [6.07, 6.45) is 2.71. The van der Waals surface area contributed by atoms with Crippen molar-refractivity contribution in [1.82, 2.24) is 4.57 Å². The van der Waals surface area contributed by atoms with Crippen LogP contribution in [0.2, 0.25) is 0 Å². The van der Waals surface area contributed by atoms with E-state index in [9.17, 15) is 27.6 Å². The quantitative estimate of drug-likeness (QED) is 0.255. The maximum absolute atomic E-state index is 13.8. The van der Waals surface area contributed by atoms with Gasteiger partial charge in [0.15, 0.2) is 0 Å². The largest absolute Gasteiger partial charge is 0.460 e. The summed E-state index contributed by atoms with van der Waals surface area (Å²) in [7, 11) is 0. The van der Waals surface area contributed by atoms with Crippen LogP contribution < -0.4 is 10.9 Å². The summed E-state index contributed by atoms with van der Waals surface area (Å²) >= 11 is 0. The third-order valence-corrected chi connectivity index (χ3v) is 8.59. The normalized spacial score (nSPS) is 17.2. The minimum absolute atomic E-state index is 0.103. The monoisotopic (exact) mass is 608 g/mol. The molecule has 2 aromatic carbocycles. The zero-order valence-corrected chi connectivity index (χ0v) is 25.4. The van der Waals surface area contributed by atoms with Gasteiger partial charge in [-0.1, -0.05) is 49.2 Å². The van der Waals surface area contributed by atoms with Crippen molar-refractivity contribution in [1.29, 1.82) is 0 Å². The molecular formula is C35H39F3N2O4. The second kappa shape index (κ2) is 12.3. The number of carbonyl (C=O) groups is 2. The predicted octanol–water partition coefficient (Wildman–Crippen LogP) is 7.49. The molecule has 1 N–H and O–H groups in total. The van der Waals surface area contributed by atoms with E-state index in [0.717, 1.165) is 67.5 Å². The maximum Gasteiger partial charge on any atom is 0.416 e. The lowest BCUT2D eigenvalue weighted by Crippen LogP contribution is -2.30. The molecule has 0 bridgehead atoms. The second-order valence-electron chi connectivity index (χ2n) is 13.3. The Bertz CT molecular complexity index is 1560. The molecule has 2 aliphatic rings. The van der Waals surface area contributed by atoms with E-state index in [4.69, 9.17) is 4.74 Å². The Morgan fingerprint density at radius 3 is 2.25 bits per heavy atom. The molecule has 1 aromatic heterocycles. The van der Waals surface area contributed by atoms with Gasteiger partial charge in [0.1, 0.15) is 5.60 Å². The molecule has 1 unspecified atom stereocenters. The minimum atomic E-state index is -4.57. The van der Waals surface area contributed by atoms with Crippen LogP contribution in [0.5, 0.6) is 0 Å². The fourth-order valence-electron chi connectivity index (χ4n) is 6.13. The number of hydrogen-bond donors (Lipinski definition) is 1. The molecule has 5 rings (SSSR count). The summed E-state index contributed by atoms with van der Waals surface area (Å²) in [6, 6.07) is 16.5. The number of aromatic nitrogens is 1. The summed E-state index contributed by atoms with van der Waals surface area (Å²) in [4.78, 5) is 38.9. The Balaban J connectivity index is 1.29. The lowest BCUT2D eigenvalue weighted by atomic mass is 9.83. The molecule has 44 heavy (non-hydrogen) atoms. The lowest BCUT2D eigenvalue weighted by Gasteiger charge is -2.24. The van der Waals surface area contributed by atoms with Gasteiger partial charge in [-0.2, -0.15) is 13.2 Å². The van der Waals surface area contributed by atoms with E-state index in [1.807, 2.05) is 69.3 Å². The van der Waals surface area contributed by atoms with Gasteiger partial charge in [0.2, 0.25) is 5.91 Å². The molecule has 0 aliphatic heterocycles. The Kier molecular flexibility index (Phi) is 8.78. The van der Waals surface area contributed by atoms with Crippen LogP contribution in [-0.2, 0) is 33.5 Å². The lowest BCUT2D eigenvalue weighted by molar-refractivity contribution is -0.161. The van der Waals surface area contributed by atoms with Gasteiger partial charge in [0, 0.05) is 18.0 Å². The molecular weight excluding hydrogens is 569 g/mol. The zero-order chi connectivity index (χ0) is 31.7. The van der Waals surface area contributed by atoms with Crippen LogP contribution >= 0.6 is 0 Å². The van der Waals surface area contributed by atoms with Gasteiger partial charge in [-0.05, 0) is 93.7 Å². The van der Waals surface area contributed by atoms with Crippen LogP contribution in [0.15, 0.2) is 71.7 Å². The molecule has 2 fully saturated rings. The Hall–Kier alpha value is -3.88. The van der Waals surface area contributed by atoms with Gasteiger partial charge in [-0.3, -0.25) is 14.4 Å². The summed E-state index contributed by atoms with van der Waals surface area (Å²) in [5.41, 5.74) is 0.489. The zero-order valence-electron chi connectivity index (χ0n) is 25.4. The number of amides is 1. The number of alkyl halides is 3. The third kappa shape index (κ3) is 7.60. The van der Waals surface area contributed by atoms with Gasteiger partial charge in [-0.25, -0.2) is 0 Å². The number of nitrogens with zero attached hydrogens (tertiary/aromatic N) is 1. The molecule has 9 heteroatoms. The van der Waals surface area contributed by atoms with Gasteiger partial charge in [0.25, 0.3) is 5.56 Å². The first kappa shape index (κ1) is 31.5. The standard InChI is InChI=1S/C35H39F3N2O4/c1-33(2,3)44-32(43)34(16-17-34)21-24-7-6-10-28(19-24)39-31(42)30(25-8-4-5-9-25)26-13-11-23(12-14-26)22-40-18-15-27(20-29(40)41)35(36,37)38/h6-7,10-15,18-20,25,30H,4-5,8-9,16-17,21-22H2,1-3H3,(H,39,42). The summed E-state index contributed by atoms with van der Waals surface area (Å²) in [5, 5.41) is 3.12. The average molecular weight is 609 g/mol. The van der Waals surface area contributed by atoms with Crippen molar-refractivity contribution in [2.75, 3.05) is 5.32 Å². The average Bonchev–Trinajstić information content (AvgIpc) is 3.52. The van der Waals surface area contributed by atoms with Crippen LogP contribution in [0, 0.1) is 11.3 Å². The van der Waals surface area contributed by atoms with E-state index < -0.39 is 28.3 Å². The van der Waals surface area contributed by atoms with E-state index in [-0.39, 0.29) is 30.3 Å². The number of halogens is 3. The molecule has 1 heterocycles. The number of carbonyl (C=O) groups excluding carboxylic acids is 2. The van der Waals surface area contributed by atoms with Crippen molar-refractivity contribution in [3.8, 4) is 0 Å². The minimum Gasteiger partial charge on any atom is -0.460 e. The summed E-state index contributed by atoms with van der Waals surface area (Å²) in [5.74, 6) is -0.467. The Morgan fingerprint density at radius 2 is 1.66 bits per heavy atom. The van der Waals surface area contributed by atoms with Crippen LogP contribution in [-0.4, -0.2) is 22.0 Å². The van der Waals surface area contributed by atoms with E-state index >= 15 is 0 Å². The van der Waals surface area contributed by atoms with Crippen molar-refractivity contribution in [2.45, 2.75) is 90.0 Å². The van der Waals surface area contributed by atoms with Gasteiger partial charge in [0.05, 0.1) is 23.4 Å². The molecule has 234 valence electrons. The highest BCUT2D eigenvalue weighted by atomic mass is 19.4. The first-order valence-electron chi connectivity index (χ1n) is 15.2. The fraction of sp³-hybridized carbons (Fsp3) is 0.457. The molecule has 0 saturated heterocycles. The highest BCUT2D eigenvalue weighted by Gasteiger charge is 2.52. The van der Waals surface area contributed by atoms with Crippen LogP contribution in [0.4, 0.5) is 18.9 Å². The number of benzene rings is 2. The molecule has 2 saturated carbocycles. The number of nitrogens with one attached hydrogen (secondary N) is 1. The fourth-order valence-corrected chi connectivity index (χ4v) is 6.13. The van der Waals surface area contributed by atoms with Gasteiger partial charge in [-0.15, -0.1) is 0 Å². The van der Waals surface area contributed by atoms with E-state index in [1.165, 1.54) is 4.57 Å². The van der Waals surface area contributed by atoms with E-state index in [2.05, 4.69) is 5.32 Å². The predicted molar refractivity (Wildman–Crippen MR) is 162 cm³/mol. The number of rotatable bonds is 9. The second-order valence-corrected chi connectivity index (χ2v) is 13.3.